The lowest BCUT2D eigenvalue weighted by atomic mass is 10.3. The molecule has 1 N–H and O–H groups in total. The molecule has 1 amide bonds. The van der Waals surface area contributed by atoms with Crippen LogP contribution in [0.1, 0.15) is 13.8 Å². The fourth-order valence-corrected chi connectivity index (χ4v) is 1.20. The van der Waals surface area contributed by atoms with E-state index in [0.717, 1.165) is 0 Å². The van der Waals surface area contributed by atoms with Crippen LogP contribution in [0.3, 0.4) is 0 Å². The van der Waals surface area contributed by atoms with Crippen molar-refractivity contribution in [1.82, 2.24) is 0 Å². The van der Waals surface area contributed by atoms with Gasteiger partial charge in [-0.15, -0.1) is 0 Å². The number of alkyl halides is 1. The van der Waals surface area contributed by atoms with Gasteiger partial charge in [0.1, 0.15) is 5.75 Å². The molecule has 15 heavy (non-hydrogen) atoms. The van der Waals surface area contributed by atoms with Gasteiger partial charge < -0.3 is 10.1 Å². The van der Waals surface area contributed by atoms with E-state index in [0.29, 0.717) is 18.0 Å². The second-order valence-electron chi connectivity index (χ2n) is 3.03. The number of hydrogen-bond acceptors (Lipinski definition) is 2. The summed E-state index contributed by atoms with van der Waals surface area (Å²) in [5.74, 6) is 0.614. The molecule has 0 aliphatic carbocycles. The molecule has 82 valence electrons. The van der Waals surface area contributed by atoms with Crippen LogP contribution in [0.2, 0.25) is 0 Å². The fraction of sp³-hybridized carbons (Fsp3) is 0.364. The third-order valence-corrected chi connectivity index (χ3v) is 2.22. The fourth-order valence-electron chi connectivity index (χ4n) is 1.08. The van der Waals surface area contributed by atoms with Gasteiger partial charge >= 0.3 is 0 Å². The molecule has 0 saturated heterocycles. The monoisotopic (exact) mass is 271 g/mol. The predicted molar refractivity (Wildman–Crippen MR) is 64.6 cm³/mol. The summed E-state index contributed by atoms with van der Waals surface area (Å²) in [5, 5.41) is 2.78. The first-order valence-electron chi connectivity index (χ1n) is 4.82. The van der Waals surface area contributed by atoms with Crippen LogP contribution in [-0.2, 0) is 4.79 Å². The topological polar surface area (TPSA) is 38.3 Å². The van der Waals surface area contributed by atoms with Crippen LogP contribution in [0.4, 0.5) is 5.69 Å². The zero-order chi connectivity index (χ0) is 11.3. The minimum atomic E-state index is -0.216. The van der Waals surface area contributed by atoms with Crippen LogP contribution in [-0.4, -0.2) is 17.3 Å². The SMILES string of the molecule is CCOc1ccccc1NC(=O)[C@@H](C)Br. The molecule has 0 radical (unpaired) electrons. The normalized spacial score (nSPS) is 11.9. The number of carbonyl (C=O) groups excluding carboxylic acids is 1. The lowest BCUT2D eigenvalue weighted by molar-refractivity contribution is -0.115. The van der Waals surface area contributed by atoms with Gasteiger partial charge in [-0.05, 0) is 26.0 Å². The molecule has 0 fully saturated rings. The highest BCUT2D eigenvalue weighted by molar-refractivity contribution is 9.10. The summed E-state index contributed by atoms with van der Waals surface area (Å²) in [6.45, 7) is 4.26. The van der Waals surface area contributed by atoms with Crippen LogP contribution in [0.25, 0.3) is 0 Å². The van der Waals surface area contributed by atoms with Gasteiger partial charge in [-0.2, -0.15) is 0 Å². The van der Waals surface area contributed by atoms with E-state index >= 15 is 0 Å². The lowest BCUT2D eigenvalue weighted by Gasteiger charge is -2.11. The van der Waals surface area contributed by atoms with Crippen LogP contribution in [0.5, 0.6) is 5.75 Å². The lowest BCUT2D eigenvalue weighted by Crippen LogP contribution is -2.20. The summed E-state index contributed by atoms with van der Waals surface area (Å²) in [6.07, 6.45) is 0. The number of carbonyl (C=O) groups is 1. The first-order valence-corrected chi connectivity index (χ1v) is 5.73. The van der Waals surface area contributed by atoms with E-state index < -0.39 is 0 Å². The van der Waals surface area contributed by atoms with Crippen molar-refractivity contribution in [2.24, 2.45) is 0 Å². The van der Waals surface area contributed by atoms with E-state index in [4.69, 9.17) is 4.74 Å². The van der Waals surface area contributed by atoms with Crippen LogP contribution in [0, 0.1) is 0 Å². The van der Waals surface area contributed by atoms with E-state index in [-0.39, 0.29) is 10.7 Å². The maximum Gasteiger partial charge on any atom is 0.237 e. The van der Waals surface area contributed by atoms with Crippen molar-refractivity contribution in [1.29, 1.82) is 0 Å². The molecule has 0 aliphatic heterocycles. The number of halogens is 1. The average molecular weight is 272 g/mol. The van der Waals surface area contributed by atoms with Gasteiger partial charge in [0, 0.05) is 0 Å². The number of para-hydroxylation sites is 2. The number of amides is 1. The molecule has 0 saturated carbocycles. The summed E-state index contributed by atoms with van der Waals surface area (Å²) in [7, 11) is 0. The number of ether oxygens (including phenoxy) is 1. The van der Waals surface area contributed by atoms with E-state index in [2.05, 4.69) is 21.2 Å². The van der Waals surface area contributed by atoms with Crippen molar-refractivity contribution in [3.63, 3.8) is 0 Å². The summed E-state index contributed by atoms with van der Waals surface area (Å²) in [4.78, 5) is 11.2. The predicted octanol–water partition coefficient (Wildman–Crippen LogP) is 2.81. The number of rotatable bonds is 4. The molecule has 1 atom stereocenters. The Balaban J connectivity index is 2.79. The van der Waals surface area contributed by atoms with Crippen molar-refractivity contribution in [2.45, 2.75) is 18.7 Å². The van der Waals surface area contributed by atoms with Crippen molar-refractivity contribution < 1.29 is 9.53 Å². The molecular formula is C11H14BrNO2. The molecule has 4 heteroatoms. The maximum absolute atomic E-state index is 11.5. The van der Waals surface area contributed by atoms with Gasteiger partial charge in [0.15, 0.2) is 0 Å². The zero-order valence-corrected chi connectivity index (χ0v) is 10.4. The van der Waals surface area contributed by atoms with E-state index in [1.165, 1.54) is 0 Å². The van der Waals surface area contributed by atoms with Crippen molar-refractivity contribution in [2.75, 3.05) is 11.9 Å². The third-order valence-electron chi connectivity index (χ3n) is 1.81. The Kier molecular flexibility index (Phi) is 4.62. The quantitative estimate of drug-likeness (QED) is 0.856. The van der Waals surface area contributed by atoms with Gasteiger partial charge in [-0.25, -0.2) is 0 Å². The number of hydrogen-bond donors (Lipinski definition) is 1. The Labute approximate surface area is 97.9 Å². The minimum absolute atomic E-state index is 0.0813. The van der Waals surface area contributed by atoms with Gasteiger partial charge in [-0.3, -0.25) is 4.79 Å². The summed E-state index contributed by atoms with van der Waals surface area (Å²) < 4.78 is 5.39. The maximum atomic E-state index is 11.5. The largest absolute Gasteiger partial charge is 0.492 e. The van der Waals surface area contributed by atoms with E-state index in [1.54, 1.807) is 6.92 Å². The number of benzene rings is 1. The molecular weight excluding hydrogens is 258 g/mol. The smallest absolute Gasteiger partial charge is 0.237 e. The first-order chi connectivity index (χ1) is 7.15. The molecule has 0 unspecified atom stereocenters. The van der Waals surface area contributed by atoms with E-state index in [1.807, 2.05) is 31.2 Å². The van der Waals surface area contributed by atoms with Crippen LogP contribution in [0.15, 0.2) is 24.3 Å². The molecule has 0 heterocycles. The first kappa shape index (κ1) is 12.0. The molecule has 0 bridgehead atoms. The molecule has 0 aliphatic rings. The van der Waals surface area contributed by atoms with Gasteiger partial charge in [-0.1, -0.05) is 28.1 Å². The molecule has 3 nitrogen and oxygen atoms in total. The van der Waals surface area contributed by atoms with Crippen LogP contribution < -0.4 is 10.1 Å². The Bertz CT molecular complexity index is 339. The molecule has 1 rings (SSSR count). The van der Waals surface area contributed by atoms with Gasteiger partial charge in [0.2, 0.25) is 5.91 Å². The zero-order valence-electron chi connectivity index (χ0n) is 8.79. The van der Waals surface area contributed by atoms with Crippen molar-refractivity contribution in [3.8, 4) is 5.75 Å². The second-order valence-corrected chi connectivity index (χ2v) is 4.41. The molecule has 0 spiro atoms. The molecule has 1 aromatic carbocycles. The number of nitrogens with one attached hydrogen (secondary N) is 1. The average Bonchev–Trinajstić information content (AvgIpc) is 2.21. The number of anilines is 1. The van der Waals surface area contributed by atoms with Gasteiger partial charge in [0.05, 0.1) is 17.1 Å². The Morgan fingerprint density at radius 1 is 1.53 bits per heavy atom. The summed E-state index contributed by atoms with van der Waals surface area (Å²) in [6, 6.07) is 7.38. The summed E-state index contributed by atoms with van der Waals surface area (Å²) in [5.41, 5.74) is 0.704. The van der Waals surface area contributed by atoms with Crippen LogP contribution >= 0.6 is 15.9 Å². The van der Waals surface area contributed by atoms with E-state index in [9.17, 15) is 4.79 Å². The summed E-state index contributed by atoms with van der Waals surface area (Å²) >= 11 is 3.21. The second kappa shape index (κ2) is 5.75. The van der Waals surface area contributed by atoms with Crippen molar-refractivity contribution in [3.05, 3.63) is 24.3 Å². The highest BCUT2D eigenvalue weighted by Gasteiger charge is 2.11. The molecule has 1 aromatic rings. The minimum Gasteiger partial charge on any atom is -0.492 e. The Hall–Kier alpha value is -1.03. The Morgan fingerprint density at radius 2 is 2.20 bits per heavy atom. The standard InChI is InChI=1S/C11H14BrNO2/c1-3-15-10-7-5-4-6-9(10)13-11(14)8(2)12/h4-8H,3H2,1-2H3,(H,13,14)/t8-/m1/s1. The van der Waals surface area contributed by atoms with Crippen molar-refractivity contribution >= 4 is 27.5 Å². The highest BCUT2D eigenvalue weighted by atomic mass is 79.9. The Morgan fingerprint density at radius 3 is 2.80 bits per heavy atom. The highest BCUT2D eigenvalue weighted by Crippen LogP contribution is 2.24. The van der Waals surface area contributed by atoms with Gasteiger partial charge in [0.25, 0.3) is 0 Å². The third kappa shape index (κ3) is 3.55. The molecule has 0 aromatic heterocycles.